The van der Waals surface area contributed by atoms with Crippen LogP contribution in [0.25, 0.3) is 0 Å². The zero-order chi connectivity index (χ0) is 16.1. The van der Waals surface area contributed by atoms with E-state index in [9.17, 15) is 4.39 Å². The predicted molar refractivity (Wildman–Crippen MR) is 87.8 cm³/mol. The number of benzene rings is 1. The first-order valence-electron chi connectivity index (χ1n) is 8.35. The molecule has 2 aromatic rings. The first kappa shape index (κ1) is 16.0. The summed E-state index contributed by atoms with van der Waals surface area (Å²) < 4.78 is 20.7. The molecule has 2 heterocycles. The van der Waals surface area contributed by atoms with E-state index in [2.05, 4.69) is 23.1 Å². The summed E-state index contributed by atoms with van der Waals surface area (Å²) >= 11 is 0. The third-order valence-electron chi connectivity index (χ3n) is 4.32. The summed E-state index contributed by atoms with van der Waals surface area (Å²) in [7, 11) is 0. The van der Waals surface area contributed by atoms with Crippen LogP contribution in [0.4, 0.5) is 4.39 Å². The molecule has 1 fully saturated rings. The number of piperidine rings is 1. The SMILES string of the molecule is CCn1cc(CN2CCCC(COc3ccc(F)cc3)C2)cn1. The molecule has 0 radical (unpaired) electrons. The summed E-state index contributed by atoms with van der Waals surface area (Å²) in [6, 6.07) is 6.26. The van der Waals surface area contributed by atoms with Gasteiger partial charge in [0.1, 0.15) is 11.6 Å². The number of likely N-dealkylation sites (tertiary alicyclic amines) is 1. The Bertz CT molecular complexity index is 611. The van der Waals surface area contributed by atoms with Gasteiger partial charge in [-0.3, -0.25) is 9.58 Å². The molecule has 0 spiro atoms. The molecule has 1 aromatic heterocycles. The molecule has 124 valence electrons. The molecule has 1 saturated heterocycles. The lowest BCUT2D eigenvalue weighted by Gasteiger charge is -2.32. The van der Waals surface area contributed by atoms with Crippen molar-refractivity contribution in [3.8, 4) is 5.75 Å². The van der Waals surface area contributed by atoms with Crippen molar-refractivity contribution in [3.63, 3.8) is 0 Å². The fourth-order valence-electron chi connectivity index (χ4n) is 3.10. The van der Waals surface area contributed by atoms with Crippen LogP contribution in [0.3, 0.4) is 0 Å². The molecule has 0 aliphatic carbocycles. The fourth-order valence-corrected chi connectivity index (χ4v) is 3.10. The van der Waals surface area contributed by atoms with E-state index in [0.29, 0.717) is 12.5 Å². The van der Waals surface area contributed by atoms with Crippen LogP contribution >= 0.6 is 0 Å². The predicted octanol–water partition coefficient (Wildman–Crippen LogP) is 3.33. The number of rotatable bonds is 6. The molecule has 0 N–H and O–H groups in total. The van der Waals surface area contributed by atoms with Crippen molar-refractivity contribution in [2.45, 2.75) is 32.9 Å². The van der Waals surface area contributed by atoms with Gasteiger partial charge in [-0.05, 0) is 50.6 Å². The summed E-state index contributed by atoms with van der Waals surface area (Å²) in [5.41, 5.74) is 1.27. The quantitative estimate of drug-likeness (QED) is 0.818. The van der Waals surface area contributed by atoms with Gasteiger partial charge < -0.3 is 4.74 Å². The van der Waals surface area contributed by atoms with Gasteiger partial charge in [0.05, 0.1) is 12.8 Å². The molecule has 23 heavy (non-hydrogen) atoms. The maximum atomic E-state index is 12.9. The highest BCUT2D eigenvalue weighted by atomic mass is 19.1. The minimum Gasteiger partial charge on any atom is -0.493 e. The number of halogens is 1. The Balaban J connectivity index is 1.48. The van der Waals surface area contributed by atoms with Crippen LogP contribution in [0, 0.1) is 11.7 Å². The second-order valence-corrected chi connectivity index (χ2v) is 6.21. The Morgan fingerprint density at radius 3 is 2.87 bits per heavy atom. The molecule has 0 amide bonds. The topological polar surface area (TPSA) is 30.3 Å². The summed E-state index contributed by atoms with van der Waals surface area (Å²) in [5, 5.41) is 4.34. The van der Waals surface area contributed by atoms with Crippen molar-refractivity contribution in [2.75, 3.05) is 19.7 Å². The van der Waals surface area contributed by atoms with Crippen LogP contribution in [-0.2, 0) is 13.1 Å². The number of aryl methyl sites for hydroxylation is 1. The second-order valence-electron chi connectivity index (χ2n) is 6.21. The Morgan fingerprint density at radius 1 is 1.30 bits per heavy atom. The molecule has 1 atom stereocenters. The minimum absolute atomic E-state index is 0.228. The number of ether oxygens (including phenoxy) is 1. The van der Waals surface area contributed by atoms with E-state index in [-0.39, 0.29) is 5.82 Å². The van der Waals surface area contributed by atoms with Crippen molar-refractivity contribution in [1.82, 2.24) is 14.7 Å². The van der Waals surface area contributed by atoms with E-state index >= 15 is 0 Å². The van der Waals surface area contributed by atoms with E-state index in [0.717, 1.165) is 31.9 Å². The lowest BCUT2D eigenvalue weighted by Crippen LogP contribution is -2.37. The van der Waals surface area contributed by atoms with E-state index < -0.39 is 0 Å². The van der Waals surface area contributed by atoms with Crippen LogP contribution in [0.1, 0.15) is 25.3 Å². The molecule has 0 saturated carbocycles. The average Bonchev–Trinajstić information content (AvgIpc) is 3.02. The van der Waals surface area contributed by atoms with E-state index in [1.54, 1.807) is 12.1 Å². The van der Waals surface area contributed by atoms with Gasteiger partial charge in [0, 0.05) is 37.3 Å². The van der Waals surface area contributed by atoms with Gasteiger partial charge in [0.2, 0.25) is 0 Å². The maximum Gasteiger partial charge on any atom is 0.123 e. The Kier molecular flexibility index (Phi) is 5.28. The fraction of sp³-hybridized carbons (Fsp3) is 0.500. The normalized spacial score (nSPS) is 19.0. The third kappa shape index (κ3) is 4.55. The Labute approximate surface area is 136 Å². The van der Waals surface area contributed by atoms with Gasteiger partial charge in [0.15, 0.2) is 0 Å². The maximum absolute atomic E-state index is 12.9. The molecular weight excluding hydrogens is 293 g/mol. The van der Waals surface area contributed by atoms with Gasteiger partial charge in [-0.25, -0.2) is 4.39 Å². The average molecular weight is 317 g/mol. The molecule has 1 unspecified atom stereocenters. The number of hydrogen-bond acceptors (Lipinski definition) is 3. The highest BCUT2D eigenvalue weighted by Crippen LogP contribution is 2.20. The van der Waals surface area contributed by atoms with Crippen molar-refractivity contribution in [2.24, 2.45) is 5.92 Å². The van der Waals surface area contributed by atoms with Gasteiger partial charge in [0.25, 0.3) is 0 Å². The monoisotopic (exact) mass is 317 g/mol. The zero-order valence-electron chi connectivity index (χ0n) is 13.6. The summed E-state index contributed by atoms with van der Waals surface area (Å²) in [5.74, 6) is 1.04. The van der Waals surface area contributed by atoms with Gasteiger partial charge in [-0.1, -0.05) is 0 Å². The first-order chi connectivity index (χ1) is 11.2. The molecule has 0 bridgehead atoms. The van der Waals surface area contributed by atoms with Crippen LogP contribution in [0.5, 0.6) is 5.75 Å². The first-order valence-corrected chi connectivity index (χ1v) is 8.35. The second kappa shape index (κ2) is 7.59. The zero-order valence-corrected chi connectivity index (χ0v) is 13.6. The van der Waals surface area contributed by atoms with Crippen molar-refractivity contribution in [1.29, 1.82) is 0 Å². The van der Waals surface area contributed by atoms with Crippen molar-refractivity contribution < 1.29 is 9.13 Å². The number of hydrogen-bond donors (Lipinski definition) is 0. The summed E-state index contributed by atoms with van der Waals surface area (Å²) in [4.78, 5) is 2.47. The van der Waals surface area contributed by atoms with E-state index in [4.69, 9.17) is 4.74 Å². The van der Waals surface area contributed by atoms with Crippen molar-refractivity contribution in [3.05, 3.63) is 48.0 Å². The molecule has 5 heteroatoms. The highest BCUT2D eigenvalue weighted by Gasteiger charge is 2.21. The highest BCUT2D eigenvalue weighted by molar-refractivity contribution is 5.22. The van der Waals surface area contributed by atoms with Crippen LogP contribution in [0.2, 0.25) is 0 Å². The smallest absolute Gasteiger partial charge is 0.123 e. The lowest BCUT2D eigenvalue weighted by molar-refractivity contribution is 0.125. The third-order valence-corrected chi connectivity index (χ3v) is 4.32. The van der Waals surface area contributed by atoms with E-state index in [1.807, 2.05) is 10.9 Å². The molecule has 1 aromatic carbocycles. The summed E-state index contributed by atoms with van der Waals surface area (Å²) in [6.45, 7) is 6.82. The Morgan fingerprint density at radius 2 is 2.13 bits per heavy atom. The number of nitrogens with zero attached hydrogens (tertiary/aromatic N) is 3. The minimum atomic E-state index is -0.228. The Hall–Kier alpha value is -1.88. The van der Waals surface area contributed by atoms with Gasteiger partial charge in [-0.2, -0.15) is 5.10 Å². The van der Waals surface area contributed by atoms with Crippen LogP contribution in [0.15, 0.2) is 36.7 Å². The summed E-state index contributed by atoms with van der Waals surface area (Å²) in [6.07, 6.45) is 6.46. The van der Waals surface area contributed by atoms with Crippen molar-refractivity contribution >= 4 is 0 Å². The van der Waals surface area contributed by atoms with E-state index in [1.165, 1.54) is 30.5 Å². The largest absolute Gasteiger partial charge is 0.493 e. The van der Waals surface area contributed by atoms with Crippen LogP contribution in [-0.4, -0.2) is 34.4 Å². The van der Waals surface area contributed by atoms with Gasteiger partial charge >= 0.3 is 0 Å². The standard InChI is InChI=1S/C18H24FN3O/c1-2-22-13-16(10-20-22)12-21-9-3-4-15(11-21)14-23-18-7-5-17(19)6-8-18/h5-8,10,13,15H,2-4,9,11-12,14H2,1H3. The molecular formula is C18H24FN3O. The lowest BCUT2D eigenvalue weighted by atomic mass is 9.98. The van der Waals surface area contributed by atoms with Gasteiger partial charge in [-0.15, -0.1) is 0 Å². The molecule has 4 nitrogen and oxygen atoms in total. The number of aromatic nitrogens is 2. The molecule has 1 aliphatic rings. The molecule has 3 rings (SSSR count). The molecule has 1 aliphatic heterocycles. The van der Waals surface area contributed by atoms with Crippen LogP contribution < -0.4 is 4.74 Å².